The van der Waals surface area contributed by atoms with Crippen molar-refractivity contribution in [3.8, 4) is 0 Å². The lowest BCUT2D eigenvalue weighted by atomic mass is 10.4. The maximum atomic E-state index is 4.06. The van der Waals surface area contributed by atoms with Gasteiger partial charge in [0.2, 0.25) is 0 Å². The third-order valence-corrected chi connectivity index (χ3v) is 1.76. The number of rotatable bonds is 2. The molecule has 0 N–H and O–H groups in total. The topological polar surface area (TPSA) is 30.7 Å². The SMILES string of the molecule is CC(C)n1ncnc1CBr. The molecule has 0 amide bonds. The van der Waals surface area contributed by atoms with Crippen molar-refractivity contribution in [3.05, 3.63) is 12.2 Å². The van der Waals surface area contributed by atoms with Crippen LogP contribution in [0.5, 0.6) is 0 Å². The van der Waals surface area contributed by atoms with Gasteiger partial charge >= 0.3 is 0 Å². The lowest BCUT2D eigenvalue weighted by Crippen LogP contribution is -2.06. The second-order valence-corrected chi connectivity index (χ2v) is 2.91. The molecular formula is C6H10BrN3. The zero-order valence-electron chi connectivity index (χ0n) is 6.08. The Morgan fingerprint density at radius 3 is 2.80 bits per heavy atom. The van der Waals surface area contributed by atoms with Gasteiger partial charge in [-0.25, -0.2) is 9.67 Å². The second-order valence-electron chi connectivity index (χ2n) is 2.35. The summed E-state index contributed by atoms with van der Waals surface area (Å²) >= 11 is 3.33. The normalized spacial score (nSPS) is 10.8. The van der Waals surface area contributed by atoms with Gasteiger partial charge in [0.15, 0.2) is 0 Å². The average molecular weight is 204 g/mol. The first-order chi connectivity index (χ1) is 4.75. The third-order valence-electron chi connectivity index (χ3n) is 1.26. The summed E-state index contributed by atoms with van der Waals surface area (Å²) in [5.74, 6) is 0.981. The van der Waals surface area contributed by atoms with Crippen molar-refractivity contribution in [1.29, 1.82) is 0 Å². The second kappa shape index (κ2) is 3.14. The predicted octanol–water partition coefficient (Wildman–Crippen LogP) is 1.75. The van der Waals surface area contributed by atoms with Gasteiger partial charge in [0, 0.05) is 6.04 Å². The molecule has 4 heteroatoms. The molecule has 56 valence electrons. The first-order valence-electron chi connectivity index (χ1n) is 3.20. The van der Waals surface area contributed by atoms with Crippen LogP contribution < -0.4 is 0 Å². The monoisotopic (exact) mass is 203 g/mol. The molecule has 0 aliphatic carbocycles. The molecular weight excluding hydrogens is 194 g/mol. The van der Waals surface area contributed by atoms with E-state index in [1.165, 1.54) is 0 Å². The van der Waals surface area contributed by atoms with E-state index in [0.29, 0.717) is 6.04 Å². The van der Waals surface area contributed by atoms with Gasteiger partial charge in [-0.3, -0.25) is 0 Å². The van der Waals surface area contributed by atoms with Gasteiger partial charge in [0.05, 0.1) is 5.33 Å². The van der Waals surface area contributed by atoms with Crippen molar-refractivity contribution in [2.24, 2.45) is 0 Å². The molecule has 0 radical (unpaired) electrons. The summed E-state index contributed by atoms with van der Waals surface area (Å²) in [5.41, 5.74) is 0. The maximum Gasteiger partial charge on any atom is 0.138 e. The quantitative estimate of drug-likeness (QED) is 0.687. The number of hydrogen-bond donors (Lipinski definition) is 0. The molecule has 3 nitrogen and oxygen atoms in total. The van der Waals surface area contributed by atoms with Crippen molar-refractivity contribution in [1.82, 2.24) is 14.8 Å². The lowest BCUT2D eigenvalue weighted by molar-refractivity contribution is 0.515. The summed E-state index contributed by atoms with van der Waals surface area (Å²) in [6, 6.07) is 0.398. The molecule has 0 unspecified atom stereocenters. The van der Waals surface area contributed by atoms with Crippen LogP contribution in [0.25, 0.3) is 0 Å². The Bertz CT molecular complexity index is 207. The van der Waals surface area contributed by atoms with Crippen LogP contribution in [0.2, 0.25) is 0 Å². The van der Waals surface area contributed by atoms with Crippen LogP contribution >= 0.6 is 15.9 Å². The molecule has 0 atom stereocenters. The van der Waals surface area contributed by atoms with Crippen LogP contribution in [-0.2, 0) is 5.33 Å². The fraction of sp³-hybridized carbons (Fsp3) is 0.667. The molecule has 0 aliphatic rings. The average Bonchev–Trinajstić information content (AvgIpc) is 2.33. The largest absolute Gasteiger partial charge is 0.247 e. The van der Waals surface area contributed by atoms with Gasteiger partial charge < -0.3 is 0 Å². The van der Waals surface area contributed by atoms with Gasteiger partial charge in [-0.1, -0.05) is 15.9 Å². The highest BCUT2D eigenvalue weighted by Crippen LogP contribution is 2.07. The highest BCUT2D eigenvalue weighted by Gasteiger charge is 2.04. The summed E-state index contributed by atoms with van der Waals surface area (Å²) in [4.78, 5) is 4.06. The first-order valence-corrected chi connectivity index (χ1v) is 4.32. The first kappa shape index (κ1) is 7.72. The number of halogens is 1. The minimum absolute atomic E-state index is 0.398. The zero-order chi connectivity index (χ0) is 7.56. The van der Waals surface area contributed by atoms with Crippen molar-refractivity contribution >= 4 is 15.9 Å². The minimum Gasteiger partial charge on any atom is -0.247 e. The Hall–Kier alpha value is -0.380. The smallest absolute Gasteiger partial charge is 0.138 e. The Balaban J connectivity index is 2.90. The number of nitrogens with zero attached hydrogens (tertiary/aromatic N) is 3. The Morgan fingerprint density at radius 2 is 2.40 bits per heavy atom. The summed E-state index contributed by atoms with van der Waals surface area (Å²) < 4.78 is 1.90. The molecule has 10 heavy (non-hydrogen) atoms. The molecule has 0 saturated heterocycles. The van der Waals surface area contributed by atoms with E-state index in [0.717, 1.165) is 11.2 Å². The van der Waals surface area contributed by atoms with E-state index in [9.17, 15) is 0 Å². The Labute approximate surface area is 68.6 Å². The molecule has 0 bridgehead atoms. The van der Waals surface area contributed by atoms with E-state index in [1.54, 1.807) is 6.33 Å². The molecule has 0 spiro atoms. The zero-order valence-corrected chi connectivity index (χ0v) is 7.67. The Morgan fingerprint density at radius 1 is 1.70 bits per heavy atom. The molecule has 0 fully saturated rings. The van der Waals surface area contributed by atoms with Crippen molar-refractivity contribution in [2.45, 2.75) is 25.2 Å². The summed E-state index contributed by atoms with van der Waals surface area (Å²) in [5, 5.41) is 4.83. The van der Waals surface area contributed by atoms with Crippen molar-refractivity contribution < 1.29 is 0 Å². The van der Waals surface area contributed by atoms with Crippen LogP contribution in [-0.4, -0.2) is 14.8 Å². The number of alkyl halides is 1. The van der Waals surface area contributed by atoms with Gasteiger partial charge in [0.25, 0.3) is 0 Å². The number of hydrogen-bond acceptors (Lipinski definition) is 2. The van der Waals surface area contributed by atoms with Crippen molar-refractivity contribution in [2.75, 3.05) is 0 Å². The molecule has 1 aromatic heterocycles. The van der Waals surface area contributed by atoms with E-state index in [2.05, 4.69) is 39.9 Å². The van der Waals surface area contributed by atoms with Gasteiger partial charge in [-0.2, -0.15) is 5.10 Å². The van der Waals surface area contributed by atoms with E-state index >= 15 is 0 Å². The highest BCUT2D eigenvalue weighted by atomic mass is 79.9. The Kier molecular flexibility index (Phi) is 2.43. The summed E-state index contributed by atoms with van der Waals surface area (Å²) in [7, 11) is 0. The van der Waals surface area contributed by atoms with E-state index < -0.39 is 0 Å². The summed E-state index contributed by atoms with van der Waals surface area (Å²) in [6.45, 7) is 4.17. The maximum absolute atomic E-state index is 4.06. The molecule has 0 saturated carbocycles. The van der Waals surface area contributed by atoms with Gasteiger partial charge in [-0.05, 0) is 13.8 Å². The van der Waals surface area contributed by atoms with E-state index in [4.69, 9.17) is 0 Å². The molecule has 1 aromatic rings. The van der Waals surface area contributed by atoms with Crippen LogP contribution in [0.15, 0.2) is 6.33 Å². The van der Waals surface area contributed by atoms with Gasteiger partial charge in [0.1, 0.15) is 12.2 Å². The van der Waals surface area contributed by atoms with E-state index in [-0.39, 0.29) is 0 Å². The standard InChI is InChI=1S/C6H10BrN3/c1-5(2)10-6(3-7)8-4-9-10/h4-5H,3H2,1-2H3. The highest BCUT2D eigenvalue weighted by molar-refractivity contribution is 9.08. The molecule has 0 aliphatic heterocycles. The van der Waals surface area contributed by atoms with Gasteiger partial charge in [-0.15, -0.1) is 0 Å². The fourth-order valence-corrected chi connectivity index (χ4v) is 1.20. The molecule has 1 rings (SSSR count). The lowest BCUT2D eigenvalue weighted by Gasteiger charge is -2.06. The minimum atomic E-state index is 0.398. The number of aromatic nitrogens is 3. The van der Waals surface area contributed by atoms with E-state index in [1.807, 2.05) is 4.68 Å². The molecule has 1 heterocycles. The summed E-state index contributed by atoms with van der Waals surface area (Å²) in [6.07, 6.45) is 1.58. The molecule has 0 aromatic carbocycles. The predicted molar refractivity (Wildman–Crippen MR) is 43.0 cm³/mol. The van der Waals surface area contributed by atoms with Crippen LogP contribution in [0.3, 0.4) is 0 Å². The third kappa shape index (κ3) is 1.37. The van der Waals surface area contributed by atoms with Crippen LogP contribution in [0.1, 0.15) is 25.7 Å². The van der Waals surface area contributed by atoms with Crippen LogP contribution in [0.4, 0.5) is 0 Å². The fourth-order valence-electron chi connectivity index (χ4n) is 0.801. The van der Waals surface area contributed by atoms with Crippen molar-refractivity contribution in [3.63, 3.8) is 0 Å². The van der Waals surface area contributed by atoms with Crippen LogP contribution in [0, 0.1) is 0 Å².